The number of aromatic amines is 1. The summed E-state index contributed by atoms with van der Waals surface area (Å²) in [4.78, 5) is 21.0. The number of anilines is 1. The van der Waals surface area contributed by atoms with Crippen molar-refractivity contribution in [2.45, 2.75) is 19.0 Å². The zero-order valence-electron chi connectivity index (χ0n) is 11.1. The number of halogens is 1. The van der Waals surface area contributed by atoms with Gasteiger partial charge in [0.15, 0.2) is 0 Å². The van der Waals surface area contributed by atoms with Gasteiger partial charge in [-0.2, -0.15) is 0 Å². The fraction of sp³-hybridized carbons (Fsp3) is 0.286. The Morgan fingerprint density at radius 1 is 1.45 bits per heavy atom. The molecule has 0 fully saturated rings. The highest BCUT2D eigenvalue weighted by molar-refractivity contribution is 5.97. The van der Waals surface area contributed by atoms with Crippen molar-refractivity contribution in [2.75, 3.05) is 11.9 Å². The number of aromatic nitrogens is 2. The highest BCUT2D eigenvalue weighted by Gasteiger charge is 2.29. The van der Waals surface area contributed by atoms with Crippen LogP contribution in [-0.2, 0) is 17.8 Å². The average Bonchev–Trinajstić information content (AvgIpc) is 2.93. The SMILES string of the molecule is CN(C(=O)C1Cc2nc[nH]c2CN1)c1ccccc1F. The number of likely N-dealkylation sites (N-methyl/N-ethyl adjacent to an activating group) is 1. The number of carbonyl (C=O) groups excluding carboxylic acids is 1. The lowest BCUT2D eigenvalue weighted by Crippen LogP contribution is -2.48. The number of nitrogens with one attached hydrogen (secondary N) is 2. The molecule has 0 saturated carbocycles. The third-order valence-electron chi connectivity index (χ3n) is 3.57. The molecule has 1 atom stereocenters. The van der Waals surface area contributed by atoms with E-state index < -0.39 is 5.82 Å². The lowest BCUT2D eigenvalue weighted by molar-refractivity contribution is -0.120. The van der Waals surface area contributed by atoms with Crippen molar-refractivity contribution in [1.82, 2.24) is 15.3 Å². The van der Waals surface area contributed by atoms with E-state index in [0.29, 0.717) is 13.0 Å². The van der Waals surface area contributed by atoms with Crippen LogP contribution in [-0.4, -0.2) is 29.0 Å². The normalized spacial score (nSPS) is 17.6. The molecule has 2 N–H and O–H groups in total. The summed E-state index contributed by atoms with van der Waals surface area (Å²) in [7, 11) is 1.59. The molecule has 1 unspecified atom stereocenters. The summed E-state index contributed by atoms with van der Waals surface area (Å²) < 4.78 is 13.7. The maximum Gasteiger partial charge on any atom is 0.244 e. The molecule has 3 rings (SSSR count). The molecule has 1 aliphatic rings. The molecule has 5 nitrogen and oxygen atoms in total. The number of amides is 1. The Hall–Kier alpha value is -2.21. The summed E-state index contributed by atoms with van der Waals surface area (Å²) in [5.41, 5.74) is 2.18. The second kappa shape index (κ2) is 5.05. The van der Waals surface area contributed by atoms with Gasteiger partial charge in [0.05, 0.1) is 29.4 Å². The van der Waals surface area contributed by atoms with E-state index in [1.807, 2.05) is 0 Å². The molecule has 0 aliphatic carbocycles. The number of carbonyl (C=O) groups is 1. The molecular formula is C14H15FN4O. The number of rotatable bonds is 2. The Kier molecular flexibility index (Phi) is 3.23. The summed E-state index contributed by atoms with van der Waals surface area (Å²) in [6.45, 7) is 0.566. The monoisotopic (exact) mass is 274 g/mol. The molecule has 1 aliphatic heterocycles. The number of imidazole rings is 1. The second-order valence-corrected chi connectivity index (χ2v) is 4.81. The highest BCUT2D eigenvalue weighted by atomic mass is 19.1. The van der Waals surface area contributed by atoms with Gasteiger partial charge >= 0.3 is 0 Å². The van der Waals surface area contributed by atoms with Gasteiger partial charge in [-0.3, -0.25) is 10.1 Å². The smallest absolute Gasteiger partial charge is 0.244 e. The second-order valence-electron chi connectivity index (χ2n) is 4.81. The topological polar surface area (TPSA) is 61.0 Å². The van der Waals surface area contributed by atoms with E-state index in [9.17, 15) is 9.18 Å². The molecule has 104 valence electrons. The summed E-state index contributed by atoms with van der Waals surface area (Å²) in [6.07, 6.45) is 2.14. The molecule has 2 aromatic rings. The lowest BCUT2D eigenvalue weighted by atomic mass is 10.0. The zero-order chi connectivity index (χ0) is 14.1. The van der Waals surface area contributed by atoms with Crippen LogP contribution in [0.5, 0.6) is 0 Å². The van der Waals surface area contributed by atoms with Crippen LogP contribution < -0.4 is 10.2 Å². The molecule has 6 heteroatoms. The van der Waals surface area contributed by atoms with Crippen molar-refractivity contribution >= 4 is 11.6 Å². The van der Waals surface area contributed by atoms with Crippen LogP contribution in [0, 0.1) is 5.82 Å². The first-order valence-corrected chi connectivity index (χ1v) is 6.43. The van der Waals surface area contributed by atoms with Crippen molar-refractivity contribution in [3.8, 4) is 0 Å². The molecule has 0 saturated heterocycles. The maximum absolute atomic E-state index is 13.7. The largest absolute Gasteiger partial charge is 0.347 e. The van der Waals surface area contributed by atoms with Gasteiger partial charge in [-0.15, -0.1) is 0 Å². The number of H-pyrrole nitrogens is 1. The Labute approximate surface area is 115 Å². The van der Waals surface area contributed by atoms with Crippen molar-refractivity contribution in [3.05, 3.63) is 47.8 Å². The van der Waals surface area contributed by atoms with Gasteiger partial charge in [0, 0.05) is 20.0 Å². The first kappa shape index (κ1) is 12.8. The Morgan fingerprint density at radius 3 is 3.05 bits per heavy atom. The van der Waals surface area contributed by atoms with Crippen molar-refractivity contribution < 1.29 is 9.18 Å². The summed E-state index contributed by atoms with van der Waals surface area (Å²) in [5, 5.41) is 3.15. The van der Waals surface area contributed by atoms with Crippen LogP contribution >= 0.6 is 0 Å². The van der Waals surface area contributed by atoms with Gasteiger partial charge in [-0.05, 0) is 12.1 Å². The fourth-order valence-electron chi connectivity index (χ4n) is 2.42. The van der Waals surface area contributed by atoms with E-state index in [2.05, 4.69) is 15.3 Å². The van der Waals surface area contributed by atoms with Crippen LogP contribution in [0.15, 0.2) is 30.6 Å². The van der Waals surface area contributed by atoms with Gasteiger partial charge < -0.3 is 9.88 Å². The number of hydrogen-bond acceptors (Lipinski definition) is 3. The third-order valence-corrected chi connectivity index (χ3v) is 3.57. The maximum atomic E-state index is 13.7. The molecule has 0 bridgehead atoms. The number of fused-ring (bicyclic) bond motifs is 1. The van der Waals surface area contributed by atoms with E-state index in [1.54, 1.807) is 31.6 Å². The Morgan fingerprint density at radius 2 is 2.25 bits per heavy atom. The van der Waals surface area contributed by atoms with E-state index in [-0.39, 0.29) is 17.6 Å². The van der Waals surface area contributed by atoms with E-state index in [1.165, 1.54) is 11.0 Å². The van der Waals surface area contributed by atoms with Crippen LogP contribution in [0.25, 0.3) is 0 Å². The predicted octanol–water partition coefficient (Wildman–Crippen LogP) is 1.23. The number of benzene rings is 1. The molecular weight excluding hydrogens is 259 g/mol. The van der Waals surface area contributed by atoms with Gasteiger partial charge in [0.2, 0.25) is 5.91 Å². The first-order valence-electron chi connectivity index (χ1n) is 6.43. The lowest BCUT2D eigenvalue weighted by Gasteiger charge is -2.27. The predicted molar refractivity (Wildman–Crippen MR) is 72.7 cm³/mol. The first-order chi connectivity index (χ1) is 9.66. The minimum absolute atomic E-state index is 0.163. The minimum Gasteiger partial charge on any atom is -0.347 e. The summed E-state index contributed by atoms with van der Waals surface area (Å²) in [5.74, 6) is -0.566. The highest BCUT2D eigenvalue weighted by Crippen LogP contribution is 2.20. The molecule has 20 heavy (non-hydrogen) atoms. The third kappa shape index (κ3) is 2.18. The number of hydrogen-bond donors (Lipinski definition) is 2. The summed E-state index contributed by atoms with van der Waals surface area (Å²) in [6, 6.07) is 5.87. The van der Waals surface area contributed by atoms with Gasteiger partial charge in [0.1, 0.15) is 5.82 Å². The minimum atomic E-state index is -0.403. The van der Waals surface area contributed by atoms with Crippen molar-refractivity contribution in [3.63, 3.8) is 0 Å². The van der Waals surface area contributed by atoms with E-state index in [0.717, 1.165) is 11.4 Å². The van der Waals surface area contributed by atoms with Gasteiger partial charge in [-0.1, -0.05) is 12.1 Å². The molecule has 1 aromatic carbocycles. The van der Waals surface area contributed by atoms with Crippen LogP contribution in [0.1, 0.15) is 11.4 Å². The Bertz CT molecular complexity index is 640. The van der Waals surface area contributed by atoms with Crippen LogP contribution in [0.3, 0.4) is 0 Å². The molecule has 0 spiro atoms. The number of para-hydroxylation sites is 1. The Balaban J connectivity index is 1.78. The van der Waals surface area contributed by atoms with E-state index in [4.69, 9.17) is 0 Å². The average molecular weight is 274 g/mol. The van der Waals surface area contributed by atoms with Crippen LogP contribution in [0.4, 0.5) is 10.1 Å². The molecule has 1 aromatic heterocycles. The van der Waals surface area contributed by atoms with E-state index >= 15 is 0 Å². The molecule has 2 heterocycles. The fourth-order valence-corrected chi connectivity index (χ4v) is 2.42. The van der Waals surface area contributed by atoms with Gasteiger partial charge in [-0.25, -0.2) is 9.37 Å². The summed E-state index contributed by atoms with van der Waals surface area (Å²) >= 11 is 0. The van der Waals surface area contributed by atoms with Crippen LogP contribution in [0.2, 0.25) is 0 Å². The standard InChI is InChI=1S/C14H15FN4O/c1-19(13-5-3-2-4-9(13)15)14(20)11-6-10-12(7-16-11)18-8-17-10/h2-5,8,11,16H,6-7H2,1H3,(H,17,18). The van der Waals surface area contributed by atoms with Gasteiger partial charge in [0.25, 0.3) is 0 Å². The quantitative estimate of drug-likeness (QED) is 0.865. The zero-order valence-corrected chi connectivity index (χ0v) is 11.1. The number of nitrogens with zero attached hydrogens (tertiary/aromatic N) is 2. The van der Waals surface area contributed by atoms with Crippen molar-refractivity contribution in [2.24, 2.45) is 0 Å². The molecule has 1 amide bonds. The molecule has 0 radical (unpaired) electrons. The van der Waals surface area contributed by atoms with Crippen molar-refractivity contribution in [1.29, 1.82) is 0 Å².